The van der Waals surface area contributed by atoms with E-state index in [1.54, 1.807) is 18.2 Å². The molecule has 0 saturated heterocycles. The topological polar surface area (TPSA) is 59.4 Å². The predicted molar refractivity (Wildman–Crippen MR) is 66.9 cm³/mol. The predicted octanol–water partition coefficient (Wildman–Crippen LogP) is 2.71. The molecule has 1 aromatic heterocycles. The molecule has 3 nitrogen and oxygen atoms in total. The van der Waals surface area contributed by atoms with Crippen LogP contribution in [0.4, 0.5) is 0 Å². The van der Waals surface area contributed by atoms with Crippen LogP contribution in [0, 0.1) is 0 Å². The van der Waals surface area contributed by atoms with E-state index in [0.29, 0.717) is 17.3 Å². The average Bonchev–Trinajstić information content (AvgIpc) is 2.83. The second-order valence-electron chi connectivity index (χ2n) is 3.86. The molecule has 0 aliphatic heterocycles. The third kappa shape index (κ3) is 2.69. The molecule has 3 N–H and O–H groups in total. The molecule has 2 aromatic rings. The van der Waals surface area contributed by atoms with E-state index in [4.69, 9.17) is 21.8 Å². The van der Waals surface area contributed by atoms with Crippen molar-refractivity contribution in [2.24, 2.45) is 5.73 Å². The highest BCUT2D eigenvalue weighted by Crippen LogP contribution is 2.31. The number of hydrogen-bond donors (Lipinski definition) is 2. The third-order valence-corrected chi connectivity index (χ3v) is 2.98. The minimum Gasteiger partial charge on any atom is -0.467 e. The fourth-order valence-corrected chi connectivity index (χ4v) is 2.04. The molecule has 17 heavy (non-hydrogen) atoms. The molecule has 0 saturated carbocycles. The standard InChI is InChI=1S/C13H14ClNO2/c14-10-4-1-3-9(7-10)11(8-15)13(16)12-5-2-6-17-12/h1-7,11,13,16H,8,15H2. The Balaban J connectivity index is 2.27. The Kier molecular flexibility index (Phi) is 3.84. The van der Waals surface area contributed by atoms with Gasteiger partial charge < -0.3 is 15.3 Å². The normalized spacial score (nSPS) is 14.5. The highest BCUT2D eigenvalue weighted by Gasteiger charge is 2.23. The molecule has 0 amide bonds. The highest BCUT2D eigenvalue weighted by atomic mass is 35.5. The van der Waals surface area contributed by atoms with Crippen LogP contribution in [0.2, 0.25) is 5.02 Å². The Morgan fingerprint density at radius 3 is 2.71 bits per heavy atom. The molecule has 2 rings (SSSR count). The number of hydrogen-bond acceptors (Lipinski definition) is 3. The lowest BCUT2D eigenvalue weighted by Crippen LogP contribution is -2.19. The fraction of sp³-hybridized carbons (Fsp3) is 0.231. The second-order valence-corrected chi connectivity index (χ2v) is 4.29. The van der Waals surface area contributed by atoms with Crippen LogP contribution in [-0.2, 0) is 0 Å². The van der Waals surface area contributed by atoms with Crippen LogP contribution in [0.3, 0.4) is 0 Å². The first kappa shape index (κ1) is 12.2. The Bertz CT molecular complexity index is 470. The average molecular weight is 252 g/mol. The van der Waals surface area contributed by atoms with Crippen molar-refractivity contribution in [2.75, 3.05) is 6.54 Å². The Labute approximate surface area is 105 Å². The van der Waals surface area contributed by atoms with Gasteiger partial charge in [0, 0.05) is 17.5 Å². The van der Waals surface area contributed by atoms with Crippen molar-refractivity contribution in [3.8, 4) is 0 Å². The summed E-state index contributed by atoms with van der Waals surface area (Å²) in [7, 11) is 0. The maximum absolute atomic E-state index is 10.2. The number of benzene rings is 1. The van der Waals surface area contributed by atoms with Crippen molar-refractivity contribution in [3.63, 3.8) is 0 Å². The first-order valence-electron chi connectivity index (χ1n) is 5.39. The molecular weight excluding hydrogens is 238 g/mol. The van der Waals surface area contributed by atoms with Crippen LogP contribution in [0.25, 0.3) is 0 Å². The highest BCUT2D eigenvalue weighted by molar-refractivity contribution is 6.30. The van der Waals surface area contributed by atoms with Crippen molar-refractivity contribution in [1.82, 2.24) is 0 Å². The van der Waals surface area contributed by atoms with Crippen LogP contribution in [-0.4, -0.2) is 11.7 Å². The quantitative estimate of drug-likeness (QED) is 0.878. The summed E-state index contributed by atoms with van der Waals surface area (Å²) in [4.78, 5) is 0. The summed E-state index contributed by atoms with van der Waals surface area (Å²) in [6, 6.07) is 10.8. The summed E-state index contributed by atoms with van der Waals surface area (Å²) >= 11 is 5.93. The van der Waals surface area contributed by atoms with Crippen LogP contribution in [0.15, 0.2) is 47.1 Å². The maximum atomic E-state index is 10.2. The van der Waals surface area contributed by atoms with Crippen LogP contribution in [0.5, 0.6) is 0 Å². The van der Waals surface area contributed by atoms with Gasteiger partial charge in [-0.15, -0.1) is 0 Å². The summed E-state index contributed by atoms with van der Waals surface area (Å²) in [5, 5.41) is 10.8. The van der Waals surface area contributed by atoms with E-state index in [1.807, 2.05) is 18.2 Å². The van der Waals surface area contributed by atoms with Gasteiger partial charge in [0.2, 0.25) is 0 Å². The molecule has 0 aliphatic rings. The Morgan fingerprint density at radius 2 is 2.12 bits per heavy atom. The van der Waals surface area contributed by atoms with Gasteiger partial charge >= 0.3 is 0 Å². The van der Waals surface area contributed by atoms with Gasteiger partial charge in [-0.2, -0.15) is 0 Å². The molecule has 0 aliphatic carbocycles. The van der Waals surface area contributed by atoms with E-state index in [1.165, 1.54) is 6.26 Å². The molecule has 4 heteroatoms. The summed E-state index contributed by atoms with van der Waals surface area (Å²) in [5.41, 5.74) is 6.62. The van der Waals surface area contributed by atoms with Gasteiger partial charge in [0.05, 0.1) is 6.26 Å². The molecule has 2 atom stereocenters. The lowest BCUT2D eigenvalue weighted by Gasteiger charge is -2.20. The molecule has 0 spiro atoms. The summed E-state index contributed by atoms with van der Waals surface area (Å²) in [6.07, 6.45) is 0.776. The number of rotatable bonds is 4. The van der Waals surface area contributed by atoms with Crippen molar-refractivity contribution < 1.29 is 9.52 Å². The van der Waals surface area contributed by atoms with Gasteiger partial charge in [0.1, 0.15) is 11.9 Å². The number of halogens is 1. The van der Waals surface area contributed by atoms with Gasteiger partial charge in [0.25, 0.3) is 0 Å². The number of aliphatic hydroxyl groups is 1. The minimum absolute atomic E-state index is 0.222. The van der Waals surface area contributed by atoms with Gasteiger partial charge in [-0.05, 0) is 29.8 Å². The lowest BCUT2D eigenvalue weighted by atomic mass is 9.92. The van der Waals surface area contributed by atoms with E-state index >= 15 is 0 Å². The van der Waals surface area contributed by atoms with Crippen molar-refractivity contribution in [3.05, 3.63) is 59.0 Å². The van der Waals surface area contributed by atoms with E-state index in [9.17, 15) is 5.11 Å². The van der Waals surface area contributed by atoms with Gasteiger partial charge in [-0.25, -0.2) is 0 Å². The zero-order valence-electron chi connectivity index (χ0n) is 9.21. The van der Waals surface area contributed by atoms with Gasteiger partial charge in [0.15, 0.2) is 0 Å². The van der Waals surface area contributed by atoms with Crippen molar-refractivity contribution in [1.29, 1.82) is 0 Å². The number of aliphatic hydroxyl groups excluding tert-OH is 1. The smallest absolute Gasteiger partial charge is 0.132 e. The fourth-order valence-electron chi connectivity index (χ4n) is 1.84. The van der Waals surface area contributed by atoms with Crippen molar-refractivity contribution in [2.45, 2.75) is 12.0 Å². The van der Waals surface area contributed by atoms with E-state index in [2.05, 4.69) is 0 Å². The second kappa shape index (κ2) is 5.36. The summed E-state index contributed by atoms with van der Waals surface area (Å²) in [6.45, 7) is 0.322. The van der Waals surface area contributed by atoms with Gasteiger partial charge in [-0.1, -0.05) is 23.7 Å². The van der Waals surface area contributed by atoms with E-state index in [-0.39, 0.29) is 5.92 Å². The van der Waals surface area contributed by atoms with E-state index in [0.717, 1.165) is 5.56 Å². The van der Waals surface area contributed by atoms with Crippen LogP contribution >= 0.6 is 11.6 Å². The molecule has 0 radical (unpaired) electrons. The number of furan rings is 1. The van der Waals surface area contributed by atoms with Crippen LogP contribution in [0.1, 0.15) is 23.3 Å². The summed E-state index contributed by atoms with van der Waals surface area (Å²) in [5.74, 6) is 0.292. The Hall–Kier alpha value is -1.29. The molecular formula is C13H14ClNO2. The van der Waals surface area contributed by atoms with E-state index < -0.39 is 6.10 Å². The van der Waals surface area contributed by atoms with Gasteiger partial charge in [-0.3, -0.25) is 0 Å². The zero-order valence-corrected chi connectivity index (χ0v) is 9.97. The Morgan fingerprint density at radius 1 is 1.29 bits per heavy atom. The lowest BCUT2D eigenvalue weighted by molar-refractivity contribution is 0.122. The largest absolute Gasteiger partial charge is 0.467 e. The first-order valence-corrected chi connectivity index (χ1v) is 5.77. The molecule has 90 valence electrons. The van der Waals surface area contributed by atoms with Crippen molar-refractivity contribution >= 4 is 11.6 Å². The maximum Gasteiger partial charge on any atom is 0.132 e. The monoisotopic (exact) mass is 251 g/mol. The molecule has 0 bridgehead atoms. The number of nitrogens with two attached hydrogens (primary N) is 1. The molecule has 2 unspecified atom stereocenters. The zero-order chi connectivity index (χ0) is 12.3. The third-order valence-electron chi connectivity index (χ3n) is 2.75. The van der Waals surface area contributed by atoms with Crippen LogP contribution < -0.4 is 5.73 Å². The first-order chi connectivity index (χ1) is 8.22. The molecule has 0 fully saturated rings. The molecule has 1 heterocycles. The summed E-state index contributed by atoms with van der Waals surface area (Å²) < 4.78 is 5.19. The molecule has 1 aromatic carbocycles. The SMILES string of the molecule is NCC(c1cccc(Cl)c1)C(O)c1ccco1. The minimum atomic E-state index is -0.756.